The van der Waals surface area contributed by atoms with Crippen molar-refractivity contribution in [2.24, 2.45) is 5.92 Å². The molecule has 1 aromatic carbocycles. The smallest absolute Gasteiger partial charge is 0.254 e. The van der Waals surface area contributed by atoms with Gasteiger partial charge in [0.1, 0.15) is 5.82 Å². The van der Waals surface area contributed by atoms with E-state index in [1.165, 1.54) is 6.07 Å². The molecular formula is C13H17BrFNO2. The van der Waals surface area contributed by atoms with Gasteiger partial charge in [0, 0.05) is 7.11 Å². The van der Waals surface area contributed by atoms with E-state index in [0.717, 1.165) is 0 Å². The molecule has 0 heterocycles. The summed E-state index contributed by atoms with van der Waals surface area (Å²) in [5.74, 6) is -0.761. The maximum Gasteiger partial charge on any atom is 0.254 e. The molecule has 0 aliphatic heterocycles. The second kappa shape index (κ2) is 6.85. The van der Waals surface area contributed by atoms with Crippen molar-refractivity contribution in [3.63, 3.8) is 0 Å². The highest BCUT2D eigenvalue weighted by Gasteiger charge is 2.19. The third-order valence-electron chi connectivity index (χ3n) is 2.66. The second-order valence-electron chi connectivity index (χ2n) is 4.38. The molecule has 0 bridgehead atoms. The van der Waals surface area contributed by atoms with Gasteiger partial charge in [0.05, 0.1) is 22.7 Å². The highest BCUT2D eigenvalue weighted by atomic mass is 79.9. The molecule has 0 saturated heterocycles. The van der Waals surface area contributed by atoms with Crippen LogP contribution in [0.1, 0.15) is 24.2 Å². The van der Waals surface area contributed by atoms with Gasteiger partial charge in [0.2, 0.25) is 0 Å². The molecule has 0 spiro atoms. The Morgan fingerprint density at radius 1 is 1.50 bits per heavy atom. The van der Waals surface area contributed by atoms with E-state index in [4.69, 9.17) is 4.74 Å². The summed E-state index contributed by atoms with van der Waals surface area (Å²) >= 11 is 3.06. The molecule has 100 valence electrons. The molecule has 0 aromatic heterocycles. The Morgan fingerprint density at radius 3 is 2.72 bits per heavy atom. The van der Waals surface area contributed by atoms with Crippen LogP contribution in [-0.2, 0) is 4.74 Å². The number of carbonyl (C=O) groups excluding carboxylic acids is 1. The van der Waals surface area contributed by atoms with Crippen molar-refractivity contribution >= 4 is 21.8 Å². The van der Waals surface area contributed by atoms with Crippen molar-refractivity contribution in [2.75, 3.05) is 13.7 Å². The predicted molar refractivity (Wildman–Crippen MR) is 72.1 cm³/mol. The molecular weight excluding hydrogens is 301 g/mol. The number of benzene rings is 1. The lowest BCUT2D eigenvalue weighted by atomic mass is 10.0. The van der Waals surface area contributed by atoms with E-state index in [-0.39, 0.29) is 22.0 Å². The summed E-state index contributed by atoms with van der Waals surface area (Å²) in [7, 11) is 1.57. The average Bonchev–Trinajstić information content (AvgIpc) is 2.31. The van der Waals surface area contributed by atoms with E-state index in [2.05, 4.69) is 21.2 Å². The largest absolute Gasteiger partial charge is 0.383 e. The van der Waals surface area contributed by atoms with Gasteiger partial charge in [-0.25, -0.2) is 4.39 Å². The summed E-state index contributed by atoms with van der Waals surface area (Å²) in [6.45, 7) is 4.35. The molecule has 0 aliphatic rings. The fourth-order valence-electron chi connectivity index (χ4n) is 1.51. The third kappa shape index (κ3) is 3.78. The molecule has 0 fully saturated rings. The van der Waals surface area contributed by atoms with Crippen LogP contribution in [-0.4, -0.2) is 25.7 Å². The van der Waals surface area contributed by atoms with Crippen LogP contribution in [0.15, 0.2) is 22.7 Å². The maximum absolute atomic E-state index is 13.8. The number of amides is 1. The van der Waals surface area contributed by atoms with Crippen LogP contribution >= 0.6 is 15.9 Å². The van der Waals surface area contributed by atoms with Gasteiger partial charge in [-0.3, -0.25) is 4.79 Å². The van der Waals surface area contributed by atoms with Crippen molar-refractivity contribution in [1.29, 1.82) is 0 Å². The lowest BCUT2D eigenvalue weighted by molar-refractivity contribution is 0.0862. The zero-order chi connectivity index (χ0) is 13.7. The number of hydrogen-bond acceptors (Lipinski definition) is 2. The van der Waals surface area contributed by atoms with E-state index in [1.54, 1.807) is 19.2 Å². The number of methoxy groups -OCH3 is 1. The molecule has 1 rings (SSSR count). The summed E-state index contributed by atoms with van der Waals surface area (Å²) in [6, 6.07) is 4.50. The lowest BCUT2D eigenvalue weighted by Crippen LogP contribution is -2.41. The van der Waals surface area contributed by atoms with Gasteiger partial charge in [-0.2, -0.15) is 0 Å². The summed E-state index contributed by atoms with van der Waals surface area (Å²) in [6.07, 6.45) is 0. The number of rotatable bonds is 5. The van der Waals surface area contributed by atoms with Crippen molar-refractivity contribution in [3.8, 4) is 0 Å². The normalized spacial score (nSPS) is 12.6. The Labute approximate surface area is 115 Å². The monoisotopic (exact) mass is 317 g/mol. The first-order valence-electron chi connectivity index (χ1n) is 5.71. The Hall–Kier alpha value is -0.940. The zero-order valence-corrected chi connectivity index (χ0v) is 12.3. The first-order valence-corrected chi connectivity index (χ1v) is 6.50. The van der Waals surface area contributed by atoms with E-state index in [1.807, 2.05) is 13.8 Å². The fraction of sp³-hybridized carbons (Fsp3) is 0.462. The minimum absolute atomic E-state index is 0.0335. The van der Waals surface area contributed by atoms with Crippen LogP contribution in [0.2, 0.25) is 0 Å². The van der Waals surface area contributed by atoms with Gasteiger partial charge < -0.3 is 10.1 Å². The SMILES string of the molecule is COCC(NC(=O)c1cccc(Br)c1F)C(C)C. The molecule has 1 N–H and O–H groups in total. The van der Waals surface area contributed by atoms with Crippen LogP contribution in [0.5, 0.6) is 0 Å². The van der Waals surface area contributed by atoms with Gasteiger partial charge in [0.25, 0.3) is 5.91 Å². The fourth-order valence-corrected chi connectivity index (χ4v) is 1.87. The Morgan fingerprint density at radius 2 is 2.17 bits per heavy atom. The number of carbonyl (C=O) groups is 1. The van der Waals surface area contributed by atoms with Gasteiger partial charge in [-0.05, 0) is 34.0 Å². The first kappa shape index (κ1) is 15.1. The number of halogens is 2. The molecule has 1 amide bonds. The summed E-state index contributed by atoms with van der Waals surface area (Å²) in [4.78, 5) is 12.0. The molecule has 1 atom stereocenters. The van der Waals surface area contributed by atoms with Crippen molar-refractivity contribution in [2.45, 2.75) is 19.9 Å². The highest BCUT2D eigenvalue weighted by molar-refractivity contribution is 9.10. The van der Waals surface area contributed by atoms with Gasteiger partial charge >= 0.3 is 0 Å². The van der Waals surface area contributed by atoms with E-state index < -0.39 is 11.7 Å². The molecule has 3 nitrogen and oxygen atoms in total. The number of ether oxygens (including phenoxy) is 1. The van der Waals surface area contributed by atoms with Gasteiger partial charge in [0.15, 0.2) is 0 Å². The third-order valence-corrected chi connectivity index (χ3v) is 3.28. The average molecular weight is 318 g/mol. The first-order chi connectivity index (χ1) is 8.47. The second-order valence-corrected chi connectivity index (χ2v) is 5.24. The van der Waals surface area contributed by atoms with Crippen LogP contribution in [0.4, 0.5) is 4.39 Å². The molecule has 0 saturated carbocycles. The topological polar surface area (TPSA) is 38.3 Å². The van der Waals surface area contributed by atoms with Crippen LogP contribution in [0, 0.1) is 11.7 Å². The van der Waals surface area contributed by atoms with Gasteiger partial charge in [-0.1, -0.05) is 19.9 Å². The predicted octanol–water partition coefficient (Wildman–Crippen LogP) is 2.99. The maximum atomic E-state index is 13.8. The van der Waals surface area contributed by atoms with E-state index in [9.17, 15) is 9.18 Å². The van der Waals surface area contributed by atoms with Crippen LogP contribution in [0.25, 0.3) is 0 Å². The van der Waals surface area contributed by atoms with Gasteiger partial charge in [-0.15, -0.1) is 0 Å². The number of nitrogens with one attached hydrogen (secondary N) is 1. The molecule has 1 aromatic rings. The standard InChI is InChI=1S/C13H17BrFNO2/c1-8(2)11(7-18-3)16-13(17)9-5-4-6-10(14)12(9)15/h4-6,8,11H,7H2,1-3H3,(H,16,17). The minimum Gasteiger partial charge on any atom is -0.383 e. The summed E-state index contributed by atoms with van der Waals surface area (Å²) < 4.78 is 19.1. The minimum atomic E-state index is -0.546. The van der Waals surface area contributed by atoms with Crippen molar-refractivity contribution in [3.05, 3.63) is 34.1 Å². The Kier molecular flexibility index (Phi) is 5.75. The molecule has 5 heteroatoms. The zero-order valence-electron chi connectivity index (χ0n) is 10.7. The molecule has 0 aliphatic carbocycles. The summed E-state index contributed by atoms with van der Waals surface area (Å²) in [5, 5.41) is 2.78. The van der Waals surface area contributed by atoms with Crippen LogP contribution < -0.4 is 5.32 Å². The van der Waals surface area contributed by atoms with Crippen LogP contribution in [0.3, 0.4) is 0 Å². The highest BCUT2D eigenvalue weighted by Crippen LogP contribution is 2.18. The van der Waals surface area contributed by atoms with Crippen molar-refractivity contribution in [1.82, 2.24) is 5.32 Å². The lowest BCUT2D eigenvalue weighted by Gasteiger charge is -2.21. The van der Waals surface area contributed by atoms with E-state index >= 15 is 0 Å². The molecule has 1 unspecified atom stereocenters. The summed E-state index contributed by atoms with van der Waals surface area (Å²) in [5.41, 5.74) is 0.0335. The quantitative estimate of drug-likeness (QED) is 0.906. The van der Waals surface area contributed by atoms with E-state index in [0.29, 0.717) is 6.61 Å². The Bertz CT molecular complexity index is 423. The molecule has 0 radical (unpaired) electrons. The Balaban J connectivity index is 2.84. The van der Waals surface area contributed by atoms with Crippen molar-refractivity contribution < 1.29 is 13.9 Å². The molecule has 18 heavy (non-hydrogen) atoms. The number of hydrogen-bond donors (Lipinski definition) is 1.